The van der Waals surface area contributed by atoms with E-state index in [9.17, 15) is 14.5 Å². The molecule has 2 rings (SSSR count). The molecule has 0 aliphatic rings. The Kier molecular flexibility index (Phi) is 4.72. The average molecular weight is 404 g/mol. The van der Waals surface area contributed by atoms with Gasteiger partial charge in [0.2, 0.25) is 0 Å². The van der Waals surface area contributed by atoms with Crippen LogP contribution in [0.15, 0.2) is 45.3 Å². The summed E-state index contributed by atoms with van der Waals surface area (Å²) in [6.45, 7) is 0.437. The number of halogens is 3. The highest BCUT2D eigenvalue weighted by Gasteiger charge is 2.09. The first-order chi connectivity index (χ1) is 9.45. The summed E-state index contributed by atoms with van der Waals surface area (Å²) in [7, 11) is 0. The second-order valence-electron chi connectivity index (χ2n) is 4.06. The summed E-state index contributed by atoms with van der Waals surface area (Å²) in [5.41, 5.74) is 1.06. The third-order valence-corrected chi connectivity index (χ3v) is 4.45. The van der Waals surface area contributed by atoms with E-state index in [1.807, 2.05) is 18.2 Å². The lowest BCUT2D eigenvalue weighted by atomic mass is 10.2. The molecule has 1 N–H and O–H groups in total. The van der Waals surface area contributed by atoms with Crippen molar-refractivity contribution in [2.24, 2.45) is 0 Å². The van der Waals surface area contributed by atoms with Gasteiger partial charge in [-0.25, -0.2) is 4.39 Å². The quantitative estimate of drug-likeness (QED) is 0.585. The van der Waals surface area contributed by atoms with Gasteiger partial charge in [0.25, 0.3) is 5.69 Å². The Morgan fingerprint density at radius 1 is 1.15 bits per heavy atom. The largest absolute Gasteiger partial charge is 0.381 e. The molecule has 0 saturated carbocycles. The lowest BCUT2D eigenvalue weighted by molar-refractivity contribution is -0.385. The fraction of sp³-hybridized carbons (Fsp3) is 0.0769. The number of nitrogens with one attached hydrogen (secondary N) is 1. The molecule has 0 heterocycles. The van der Waals surface area contributed by atoms with E-state index in [1.54, 1.807) is 0 Å². The number of hydrogen-bond acceptors (Lipinski definition) is 3. The molecular weight excluding hydrogens is 395 g/mol. The monoisotopic (exact) mass is 402 g/mol. The summed E-state index contributed by atoms with van der Waals surface area (Å²) >= 11 is 6.76. The Labute approximate surface area is 131 Å². The second-order valence-corrected chi connectivity index (χ2v) is 5.77. The summed E-state index contributed by atoms with van der Waals surface area (Å²) in [4.78, 5) is 10.0. The van der Waals surface area contributed by atoms with Crippen LogP contribution in [0, 0.1) is 15.9 Å². The number of non-ortho nitro benzene ring substituents is 1. The Morgan fingerprint density at radius 2 is 1.90 bits per heavy atom. The molecule has 0 unspecified atom stereocenters. The first-order valence-electron chi connectivity index (χ1n) is 5.58. The molecule has 104 valence electrons. The van der Waals surface area contributed by atoms with E-state index >= 15 is 0 Å². The predicted molar refractivity (Wildman–Crippen MR) is 82.2 cm³/mol. The van der Waals surface area contributed by atoms with E-state index in [1.165, 1.54) is 12.1 Å². The summed E-state index contributed by atoms with van der Waals surface area (Å²) in [6.07, 6.45) is 0. The molecule has 0 bridgehead atoms. The van der Waals surface area contributed by atoms with Crippen molar-refractivity contribution in [3.63, 3.8) is 0 Å². The van der Waals surface area contributed by atoms with Crippen LogP contribution in [-0.4, -0.2) is 4.92 Å². The molecule has 0 atom stereocenters. The number of benzene rings is 2. The molecule has 0 aromatic heterocycles. The van der Waals surface area contributed by atoms with Crippen molar-refractivity contribution < 1.29 is 9.31 Å². The Hall–Kier alpha value is -1.47. The van der Waals surface area contributed by atoms with Crippen molar-refractivity contribution >= 4 is 43.2 Å². The van der Waals surface area contributed by atoms with Crippen molar-refractivity contribution in [1.29, 1.82) is 0 Å². The first kappa shape index (κ1) is 14.9. The number of rotatable bonds is 4. The predicted octanol–water partition coefficient (Wildman–Crippen LogP) is 4.87. The second kappa shape index (κ2) is 6.32. The SMILES string of the molecule is O=[N+]([O-])c1cc(F)cc(NCc2ccc(Br)c(Br)c2)c1. The van der Waals surface area contributed by atoms with Crippen LogP contribution in [0.3, 0.4) is 0 Å². The van der Waals surface area contributed by atoms with E-state index in [0.29, 0.717) is 12.2 Å². The minimum absolute atomic E-state index is 0.274. The molecule has 0 aliphatic carbocycles. The molecular formula is C13H9Br2FN2O2. The minimum atomic E-state index is -0.640. The Bertz CT molecular complexity index is 665. The zero-order valence-corrected chi connectivity index (χ0v) is 13.2. The van der Waals surface area contributed by atoms with Crippen LogP contribution >= 0.6 is 31.9 Å². The van der Waals surface area contributed by atoms with Crippen LogP contribution in [0.5, 0.6) is 0 Å². The van der Waals surface area contributed by atoms with Crippen molar-refractivity contribution in [1.82, 2.24) is 0 Å². The first-order valence-corrected chi connectivity index (χ1v) is 7.17. The van der Waals surface area contributed by atoms with Crippen LogP contribution in [0.4, 0.5) is 15.8 Å². The van der Waals surface area contributed by atoms with E-state index in [4.69, 9.17) is 0 Å². The molecule has 7 heteroatoms. The van der Waals surface area contributed by atoms with Crippen molar-refractivity contribution in [2.45, 2.75) is 6.54 Å². The van der Waals surface area contributed by atoms with E-state index in [-0.39, 0.29) is 5.69 Å². The van der Waals surface area contributed by atoms with Crippen molar-refractivity contribution in [2.75, 3.05) is 5.32 Å². The highest BCUT2D eigenvalue weighted by atomic mass is 79.9. The lowest BCUT2D eigenvalue weighted by Crippen LogP contribution is -2.01. The van der Waals surface area contributed by atoms with Gasteiger partial charge in [-0.1, -0.05) is 6.07 Å². The van der Waals surface area contributed by atoms with Gasteiger partial charge in [-0.2, -0.15) is 0 Å². The molecule has 4 nitrogen and oxygen atoms in total. The molecule has 2 aromatic carbocycles. The van der Waals surface area contributed by atoms with Crippen LogP contribution in [-0.2, 0) is 6.54 Å². The third kappa shape index (κ3) is 3.77. The summed E-state index contributed by atoms with van der Waals surface area (Å²) in [5.74, 6) is -0.640. The van der Waals surface area contributed by atoms with Gasteiger partial charge in [-0.15, -0.1) is 0 Å². The zero-order chi connectivity index (χ0) is 14.7. The maximum Gasteiger partial charge on any atom is 0.274 e. The Morgan fingerprint density at radius 3 is 2.55 bits per heavy atom. The minimum Gasteiger partial charge on any atom is -0.381 e. The molecule has 0 aliphatic heterocycles. The van der Waals surface area contributed by atoms with Crippen LogP contribution in [0.2, 0.25) is 0 Å². The molecule has 0 saturated heterocycles. The smallest absolute Gasteiger partial charge is 0.274 e. The number of nitro groups is 1. The van der Waals surface area contributed by atoms with Gasteiger partial charge in [0.1, 0.15) is 5.82 Å². The van der Waals surface area contributed by atoms with Crippen LogP contribution in [0.1, 0.15) is 5.56 Å². The van der Waals surface area contributed by atoms with E-state index < -0.39 is 10.7 Å². The van der Waals surface area contributed by atoms with Crippen LogP contribution in [0.25, 0.3) is 0 Å². The van der Waals surface area contributed by atoms with E-state index in [2.05, 4.69) is 37.2 Å². The fourth-order valence-corrected chi connectivity index (χ4v) is 2.31. The van der Waals surface area contributed by atoms with Crippen LogP contribution < -0.4 is 5.32 Å². The van der Waals surface area contributed by atoms with Gasteiger partial charge in [0.15, 0.2) is 0 Å². The molecule has 0 fully saturated rings. The summed E-state index contributed by atoms with van der Waals surface area (Å²) in [6, 6.07) is 9.11. The fourth-order valence-electron chi connectivity index (χ4n) is 1.64. The number of anilines is 1. The van der Waals surface area contributed by atoms with Gasteiger partial charge >= 0.3 is 0 Å². The molecule has 0 amide bonds. The highest BCUT2D eigenvalue weighted by Crippen LogP contribution is 2.25. The number of nitro benzene ring substituents is 1. The van der Waals surface area contributed by atoms with Gasteiger partial charge in [0, 0.05) is 27.2 Å². The van der Waals surface area contributed by atoms with Gasteiger partial charge in [-0.05, 0) is 55.6 Å². The third-order valence-electron chi connectivity index (χ3n) is 2.57. The standard InChI is InChI=1S/C13H9Br2FN2O2/c14-12-2-1-8(3-13(12)15)7-17-10-4-9(16)5-11(6-10)18(19)20/h1-6,17H,7H2. The lowest BCUT2D eigenvalue weighted by Gasteiger charge is -2.08. The van der Waals surface area contributed by atoms with Gasteiger partial charge in [-0.3, -0.25) is 10.1 Å². The highest BCUT2D eigenvalue weighted by molar-refractivity contribution is 9.13. The summed E-state index contributed by atoms with van der Waals surface area (Å²) < 4.78 is 15.1. The topological polar surface area (TPSA) is 55.2 Å². The zero-order valence-electron chi connectivity index (χ0n) is 10.1. The van der Waals surface area contributed by atoms with Gasteiger partial charge in [0.05, 0.1) is 11.0 Å². The molecule has 20 heavy (non-hydrogen) atoms. The molecule has 0 radical (unpaired) electrons. The Balaban J connectivity index is 2.14. The maximum absolute atomic E-state index is 13.3. The van der Waals surface area contributed by atoms with Crippen molar-refractivity contribution in [3.8, 4) is 0 Å². The number of hydrogen-bond donors (Lipinski definition) is 1. The average Bonchev–Trinajstić information content (AvgIpc) is 2.39. The normalized spacial score (nSPS) is 10.3. The molecule has 0 spiro atoms. The molecule has 2 aromatic rings. The van der Waals surface area contributed by atoms with E-state index in [0.717, 1.165) is 20.6 Å². The summed E-state index contributed by atoms with van der Waals surface area (Å²) in [5, 5.41) is 13.6. The van der Waals surface area contributed by atoms with Crippen molar-refractivity contribution in [3.05, 3.63) is 66.8 Å². The van der Waals surface area contributed by atoms with Gasteiger partial charge < -0.3 is 5.32 Å². The maximum atomic E-state index is 13.3. The number of nitrogens with zero attached hydrogens (tertiary/aromatic N) is 1.